The van der Waals surface area contributed by atoms with Gasteiger partial charge in [0.15, 0.2) is 0 Å². The molecule has 0 radical (unpaired) electrons. The molecule has 2 N–H and O–H groups in total. The first kappa shape index (κ1) is 28.2. The predicted molar refractivity (Wildman–Crippen MR) is 151 cm³/mol. The van der Waals surface area contributed by atoms with E-state index in [0.29, 0.717) is 23.5 Å². The fourth-order valence-electron chi connectivity index (χ4n) is 3.66. The molecule has 8 nitrogen and oxygen atoms in total. The number of esters is 1. The van der Waals surface area contributed by atoms with Crippen molar-refractivity contribution in [3.05, 3.63) is 98.6 Å². The Hall–Kier alpha value is -3.85. The second kappa shape index (κ2) is 12.3. The molecule has 0 aromatic heterocycles. The van der Waals surface area contributed by atoms with Gasteiger partial charge in [-0.2, -0.15) is 0 Å². The van der Waals surface area contributed by atoms with Crippen molar-refractivity contribution in [2.75, 3.05) is 22.1 Å². The summed E-state index contributed by atoms with van der Waals surface area (Å²) in [4.78, 5) is 51.6. The van der Waals surface area contributed by atoms with E-state index in [1.54, 1.807) is 42.5 Å². The van der Waals surface area contributed by atoms with Crippen LogP contribution in [0.25, 0.3) is 0 Å². The lowest BCUT2D eigenvalue weighted by molar-refractivity contribution is -0.120. The molecule has 3 amide bonds. The smallest absolute Gasteiger partial charge is 0.338 e. The van der Waals surface area contributed by atoms with E-state index < -0.39 is 23.7 Å². The summed E-state index contributed by atoms with van der Waals surface area (Å²) in [6.07, 6.45) is 1.71. The summed E-state index contributed by atoms with van der Waals surface area (Å²) in [5, 5.41) is 5.68. The summed E-state index contributed by atoms with van der Waals surface area (Å²) in [7, 11) is 0. The number of nitrogens with zero attached hydrogens (tertiary/aromatic N) is 1. The van der Waals surface area contributed by atoms with E-state index in [-0.39, 0.29) is 32.0 Å². The lowest BCUT2D eigenvalue weighted by atomic mass is 10.1. The summed E-state index contributed by atoms with van der Waals surface area (Å²) >= 11 is 18.4. The minimum absolute atomic E-state index is 0.0995. The number of amides is 3. The zero-order valence-electron chi connectivity index (χ0n) is 20.6. The van der Waals surface area contributed by atoms with Gasteiger partial charge in [-0.05, 0) is 67.1 Å². The zero-order chi connectivity index (χ0) is 28.1. The average molecular weight is 587 g/mol. The molecule has 1 aliphatic heterocycles. The summed E-state index contributed by atoms with van der Waals surface area (Å²) in [6, 6.07) is 17.0. The fourth-order valence-corrected chi connectivity index (χ4v) is 4.24. The van der Waals surface area contributed by atoms with Crippen molar-refractivity contribution in [1.29, 1.82) is 0 Å². The van der Waals surface area contributed by atoms with Crippen molar-refractivity contribution in [1.82, 2.24) is 0 Å². The number of hydrogen-bond donors (Lipinski definition) is 2. The predicted octanol–water partition coefficient (Wildman–Crippen LogP) is 6.64. The van der Waals surface area contributed by atoms with E-state index in [4.69, 9.17) is 39.5 Å². The van der Waals surface area contributed by atoms with Gasteiger partial charge in [0.2, 0.25) is 0 Å². The Morgan fingerprint density at radius 2 is 1.62 bits per heavy atom. The summed E-state index contributed by atoms with van der Waals surface area (Å²) in [6.45, 7) is 2.36. The molecule has 0 aliphatic carbocycles. The molecule has 11 heteroatoms. The number of halogens is 3. The van der Waals surface area contributed by atoms with Crippen LogP contribution >= 0.6 is 34.8 Å². The lowest BCUT2D eigenvalue weighted by Gasteiger charge is -2.17. The van der Waals surface area contributed by atoms with Crippen LogP contribution in [0.15, 0.2) is 77.5 Å². The maximum absolute atomic E-state index is 13.1. The van der Waals surface area contributed by atoms with Gasteiger partial charge in [-0.3, -0.25) is 14.4 Å². The average Bonchev–Trinajstić information content (AvgIpc) is 3.13. The van der Waals surface area contributed by atoms with E-state index in [0.717, 1.165) is 17.7 Å². The Kier molecular flexibility index (Phi) is 8.91. The van der Waals surface area contributed by atoms with E-state index >= 15 is 0 Å². The van der Waals surface area contributed by atoms with Crippen molar-refractivity contribution < 1.29 is 23.9 Å². The highest BCUT2D eigenvalue weighted by Crippen LogP contribution is 2.36. The largest absolute Gasteiger partial charge is 0.462 e. The van der Waals surface area contributed by atoms with Gasteiger partial charge in [0, 0.05) is 22.0 Å². The van der Waals surface area contributed by atoms with Gasteiger partial charge in [0.25, 0.3) is 17.7 Å². The maximum Gasteiger partial charge on any atom is 0.338 e. The van der Waals surface area contributed by atoms with Crippen LogP contribution in [0.4, 0.5) is 17.1 Å². The first-order valence-electron chi connectivity index (χ1n) is 11.9. The molecule has 1 aliphatic rings. The van der Waals surface area contributed by atoms with E-state index in [1.807, 2.05) is 6.92 Å². The Morgan fingerprint density at radius 1 is 0.872 bits per heavy atom. The van der Waals surface area contributed by atoms with Crippen LogP contribution < -0.4 is 15.5 Å². The second-order valence-electron chi connectivity index (χ2n) is 8.46. The first-order valence-corrected chi connectivity index (χ1v) is 13.0. The third kappa shape index (κ3) is 6.42. The molecule has 200 valence electrons. The third-order valence-corrected chi connectivity index (χ3v) is 6.59. The number of hydrogen-bond acceptors (Lipinski definition) is 6. The van der Waals surface area contributed by atoms with Gasteiger partial charge in [-0.25, -0.2) is 9.69 Å². The molecule has 0 unspecified atom stereocenters. The Balaban J connectivity index is 1.45. The number of ether oxygens (including phenoxy) is 1. The summed E-state index contributed by atoms with van der Waals surface area (Å²) in [5.74, 6) is -2.35. The van der Waals surface area contributed by atoms with Gasteiger partial charge in [-0.1, -0.05) is 54.2 Å². The van der Waals surface area contributed by atoms with E-state index in [1.165, 1.54) is 24.3 Å². The number of rotatable bonds is 9. The van der Waals surface area contributed by atoms with Crippen molar-refractivity contribution in [3.8, 4) is 0 Å². The molecule has 3 aromatic rings. The minimum atomic E-state index is -0.764. The van der Waals surface area contributed by atoms with E-state index in [2.05, 4.69) is 10.6 Å². The maximum atomic E-state index is 13.1. The van der Waals surface area contributed by atoms with Crippen molar-refractivity contribution in [2.24, 2.45) is 0 Å². The molecule has 39 heavy (non-hydrogen) atoms. The summed E-state index contributed by atoms with van der Waals surface area (Å²) in [5.41, 5.74) is 1.40. The monoisotopic (exact) mass is 585 g/mol. The van der Waals surface area contributed by atoms with E-state index in [9.17, 15) is 19.2 Å². The highest BCUT2D eigenvalue weighted by atomic mass is 35.5. The van der Waals surface area contributed by atoms with Crippen molar-refractivity contribution in [3.63, 3.8) is 0 Å². The van der Waals surface area contributed by atoms with Gasteiger partial charge >= 0.3 is 5.97 Å². The van der Waals surface area contributed by atoms with Crippen molar-refractivity contribution >= 4 is 75.6 Å². The number of benzene rings is 3. The summed E-state index contributed by atoms with van der Waals surface area (Å²) < 4.78 is 5.18. The second-order valence-corrected chi connectivity index (χ2v) is 9.68. The number of carbonyl (C=O) groups is 4. The Bertz CT molecular complexity index is 1490. The number of anilines is 3. The molecule has 1 heterocycles. The topological polar surface area (TPSA) is 105 Å². The quantitative estimate of drug-likeness (QED) is 0.165. The van der Waals surface area contributed by atoms with Crippen LogP contribution in [-0.2, 0) is 14.3 Å². The number of carbonyl (C=O) groups excluding carboxylic acids is 4. The van der Waals surface area contributed by atoms with Gasteiger partial charge in [0.05, 0.1) is 22.9 Å². The highest BCUT2D eigenvalue weighted by molar-refractivity contribution is 6.54. The molecule has 0 spiro atoms. The molecule has 0 saturated carbocycles. The Morgan fingerprint density at radius 3 is 2.33 bits per heavy atom. The molecule has 0 saturated heterocycles. The molecule has 0 atom stereocenters. The van der Waals surface area contributed by atoms with Crippen LogP contribution in [0.1, 0.15) is 40.5 Å². The molecular formula is C28H22Cl3N3O5. The Labute approximate surface area is 239 Å². The zero-order valence-corrected chi connectivity index (χ0v) is 22.9. The van der Waals surface area contributed by atoms with Crippen LogP contribution in [0.2, 0.25) is 10.0 Å². The molecule has 3 aromatic carbocycles. The van der Waals surface area contributed by atoms with Crippen LogP contribution in [0.3, 0.4) is 0 Å². The normalized spacial score (nSPS) is 13.1. The molecule has 0 bridgehead atoms. The minimum Gasteiger partial charge on any atom is -0.462 e. The third-order valence-electron chi connectivity index (χ3n) is 5.68. The van der Waals surface area contributed by atoms with Gasteiger partial charge in [0.1, 0.15) is 10.7 Å². The molecule has 4 rings (SSSR count). The van der Waals surface area contributed by atoms with Gasteiger partial charge < -0.3 is 15.4 Å². The van der Waals surface area contributed by atoms with Crippen LogP contribution in [0, 0.1) is 0 Å². The molecule has 0 fully saturated rings. The van der Waals surface area contributed by atoms with Crippen LogP contribution in [0.5, 0.6) is 0 Å². The van der Waals surface area contributed by atoms with Gasteiger partial charge in [-0.15, -0.1) is 0 Å². The first-order chi connectivity index (χ1) is 18.7. The number of unbranched alkanes of at least 4 members (excludes halogenated alkanes) is 1. The number of nitrogens with one attached hydrogen (secondary N) is 2. The number of imide groups is 1. The SMILES string of the molecule is CCCCOC(=O)c1ccc(NC(=O)c2cccc(NC3=C(Cl)C(=O)N(c4cc(Cl)ccc4Cl)C3=O)c2)cc1. The molecular weight excluding hydrogens is 565 g/mol. The highest BCUT2D eigenvalue weighted by Gasteiger charge is 2.40. The van der Waals surface area contributed by atoms with Crippen molar-refractivity contribution in [2.45, 2.75) is 19.8 Å². The standard InChI is InChI=1S/C28H22Cl3N3O5/c1-2-3-13-39-28(38)16-7-10-19(11-8-16)33-25(35)17-5-4-6-20(14-17)32-24-23(31)26(36)34(27(24)37)22-15-18(29)9-12-21(22)30/h4-12,14-15,32H,2-3,13H2,1H3,(H,33,35). The fraction of sp³-hybridized carbons (Fsp3) is 0.143. The van der Waals surface area contributed by atoms with Crippen LogP contribution in [-0.4, -0.2) is 30.3 Å². The lowest BCUT2D eigenvalue weighted by Crippen LogP contribution is -2.32.